The van der Waals surface area contributed by atoms with Gasteiger partial charge < -0.3 is 9.63 Å². The lowest BCUT2D eigenvalue weighted by molar-refractivity contribution is 0.00707. The zero-order valence-electron chi connectivity index (χ0n) is 11.6. The predicted molar refractivity (Wildman–Crippen MR) is 68.2 cm³/mol. The number of rotatable bonds is 3. The van der Waals surface area contributed by atoms with E-state index in [1.54, 1.807) is 0 Å². The maximum atomic E-state index is 9.93. The predicted octanol–water partition coefficient (Wildman–Crippen LogP) is 1.96. The number of likely N-dealkylation sites (tertiary alicyclic amines) is 1. The summed E-state index contributed by atoms with van der Waals surface area (Å²) < 4.78 is 5.32. The lowest BCUT2D eigenvalue weighted by atomic mass is 9.95. The summed E-state index contributed by atoms with van der Waals surface area (Å²) in [5.74, 6) is 2.06. The van der Waals surface area contributed by atoms with Crippen molar-refractivity contribution in [3.05, 3.63) is 11.7 Å². The van der Waals surface area contributed by atoms with Gasteiger partial charge in [0.25, 0.3) is 0 Å². The normalized spacial score (nSPS) is 27.7. The molecule has 102 valence electrons. The second-order valence-corrected chi connectivity index (χ2v) is 5.65. The third kappa shape index (κ3) is 2.72. The standard InChI is InChI=1S/C13H23N3O2/c1-8(2)12-14-13(18-15-12)10(4)16-6-5-9(3)11(17)7-16/h8-11,17H,5-7H2,1-4H3. The Balaban J connectivity index is 2.04. The van der Waals surface area contributed by atoms with Gasteiger partial charge in [-0.15, -0.1) is 0 Å². The van der Waals surface area contributed by atoms with E-state index in [9.17, 15) is 5.11 Å². The van der Waals surface area contributed by atoms with Crippen LogP contribution in [0.25, 0.3) is 0 Å². The summed E-state index contributed by atoms with van der Waals surface area (Å²) >= 11 is 0. The highest BCUT2D eigenvalue weighted by molar-refractivity contribution is 4.96. The van der Waals surface area contributed by atoms with E-state index < -0.39 is 0 Å². The lowest BCUT2D eigenvalue weighted by Crippen LogP contribution is -2.43. The summed E-state index contributed by atoms with van der Waals surface area (Å²) in [4.78, 5) is 6.64. The van der Waals surface area contributed by atoms with Crippen LogP contribution in [-0.4, -0.2) is 39.3 Å². The first kappa shape index (κ1) is 13.5. The van der Waals surface area contributed by atoms with E-state index in [1.165, 1.54) is 0 Å². The van der Waals surface area contributed by atoms with Crippen LogP contribution in [-0.2, 0) is 0 Å². The van der Waals surface area contributed by atoms with Gasteiger partial charge in [-0.2, -0.15) is 4.98 Å². The fraction of sp³-hybridized carbons (Fsp3) is 0.846. The fourth-order valence-corrected chi connectivity index (χ4v) is 2.23. The van der Waals surface area contributed by atoms with Gasteiger partial charge >= 0.3 is 0 Å². The van der Waals surface area contributed by atoms with Gasteiger partial charge in [0, 0.05) is 12.5 Å². The molecular formula is C13H23N3O2. The zero-order chi connectivity index (χ0) is 13.3. The van der Waals surface area contributed by atoms with Gasteiger partial charge in [-0.05, 0) is 25.8 Å². The van der Waals surface area contributed by atoms with Crippen LogP contribution in [0.1, 0.15) is 57.8 Å². The van der Waals surface area contributed by atoms with Crippen molar-refractivity contribution >= 4 is 0 Å². The van der Waals surface area contributed by atoms with E-state index in [1.807, 2.05) is 13.8 Å². The first-order valence-electron chi connectivity index (χ1n) is 6.74. The van der Waals surface area contributed by atoms with Gasteiger partial charge in [0.15, 0.2) is 5.82 Å². The van der Waals surface area contributed by atoms with Crippen molar-refractivity contribution in [1.82, 2.24) is 15.0 Å². The Morgan fingerprint density at radius 1 is 1.39 bits per heavy atom. The Bertz CT molecular complexity index is 391. The van der Waals surface area contributed by atoms with Gasteiger partial charge in [-0.25, -0.2) is 0 Å². The molecule has 1 fully saturated rings. The molecule has 2 rings (SSSR count). The Morgan fingerprint density at radius 3 is 2.67 bits per heavy atom. The first-order chi connectivity index (χ1) is 8.49. The molecule has 1 N–H and O–H groups in total. The number of nitrogens with zero attached hydrogens (tertiary/aromatic N) is 3. The summed E-state index contributed by atoms with van der Waals surface area (Å²) in [6.07, 6.45) is 0.755. The molecular weight excluding hydrogens is 230 g/mol. The SMILES string of the molecule is CC(C)c1noc(C(C)N2CCC(C)C(O)C2)n1. The summed E-state index contributed by atoms with van der Waals surface area (Å²) in [7, 11) is 0. The largest absolute Gasteiger partial charge is 0.392 e. The molecule has 3 atom stereocenters. The van der Waals surface area contributed by atoms with Crippen molar-refractivity contribution in [2.75, 3.05) is 13.1 Å². The number of aromatic nitrogens is 2. The second kappa shape index (κ2) is 5.36. The van der Waals surface area contributed by atoms with E-state index in [2.05, 4.69) is 28.9 Å². The van der Waals surface area contributed by atoms with Gasteiger partial charge in [0.05, 0.1) is 12.1 Å². The molecule has 1 saturated heterocycles. The fourth-order valence-electron chi connectivity index (χ4n) is 2.23. The molecule has 0 aromatic carbocycles. The van der Waals surface area contributed by atoms with E-state index in [4.69, 9.17) is 4.52 Å². The minimum Gasteiger partial charge on any atom is -0.392 e. The Morgan fingerprint density at radius 2 is 2.11 bits per heavy atom. The van der Waals surface area contributed by atoms with Crippen molar-refractivity contribution < 1.29 is 9.63 Å². The van der Waals surface area contributed by atoms with Crippen molar-refractivity contribution in [3.63, 3.8) is 0 Å². The molecule has 5 nitrogen and oxygen atoms in total. The van der Waals surface area contributed by atoms with Crippen LogP contribution in [0.4, 0.5) is 0 Å². The van der Waals surface area contributed by atoms with Gasteiger partial charge in [-0.3, -0.25) is 4.90 Å². The molecule has 1 aromatic heterocycles. The minimum absolute atomic E-state index is 0.0761. The van der Waals surface area contributed by atoms with Crippen LogP contribution < -0.4 is 0 Å². The minimum atomic E-state index is -0.256. The molecule has 0 saturated carbocycles. The average molecular weight is 253 g/mol. The number of aliphatic hydroxyl groups is 1. The Labute approximate surface area is 108 Å². The van der Waals surface area contributed by atoms with Gasteiger partial charge in [0.2, 0.25) is 5.89 Å². The average Bonchev–Trinajstić information content (AvgIpc) is 2.81. The molecule has 0 spiro atoms. The zero-order valence-corrected chi connectivity index (χ0v) is 11.6. The van der Waals surface area contributed by atoms with Crippen LogP contribution >= 0.6 is 0 Å². The quantitative estimate of drug-likeness (QED) is 0.892. The molecule has 0 bridgehead atoms. The molecule has 1 aliphatic rings. The van der Waals surface area contributed by atoms with E-state index in [0.717, 1.165) is 18.8 Å². The van der Waals surface area contributed by atoms with E-state index in [0.29, 0.717) is 18.4 Å². The maximum Gasteiger partial charge on any atom is 0.243 e. The Kier molecular flexibility index (Phi) is 4.02. The van der Waals surface area contributed by atoms with Crippen molar-refractivity contribution in [3.8, 4) is 0 Å². The molecule has 2 heterocycles. The number of aliphatic hydroxyl groups excluding tert-OH is 1. The molecule has 0 amide bonds. The molecule has 1 aliphatic heterocycles. The summed E-state index contributed by atoms with van der Waals surface area (Å²) in [6.45, 7) is 9.90. The summed E-state index contributed by atoms with van der Waals surface area (Å²) in [6, 6.07) is 0.0761. The van der Waals surface area contributed by atoms with Crippen LogP contribution in [0.2, 0.25) is 0 Å². The summed E-state index contributed by atoms with van der Waals surface area (Å²) in [5.41, 5.74) is 0. The molecule has 5 heteroatoms. The molecule has 0 aliphatic carbocycles. The third-order valence-corrected chi connectivity index (χ3v) is 3.83. The Hall–Kier alpha value is -0.940. The van der Waals surface area contributed by atoms with Crippen molar-refractivity contribution in [2.24, 2.45) is 5.92 Å². The van der Waals surface area contributed by atoms with Crippen LogP contribution in [0.3, 0.4) is 0 Å². The van der Waals surface area contributed by atoms with Crippen LogP contribution in [0.5, 0.6) is 0 Å². The number of piperidine rings is 1. The first-order valence-corrected chi connectivity index (χ1v) is 6.74. The smallest absolute Gasteiger partial charge is 0.243 e. The van der Waals surface area contributed by atoms with Gasteiger partial charge in [0.1, 0.15) is 0 Å². The van der Waals surface area contributed by atoms with Crippen LogP contribution in [0, 0.1) is 5.92 Å². The maximum absolute atomic E-state index is 9.93. The van der Waals surface area contributed by atoms with Crippen LogP contribution in [0.15, 0.2) is 4.52 Å². The second-order valence-electron chi connectivity index (χ2n) is 5.65. The van der Waals surface area contributed by atoms with Gasteiger partial charge in [-0.1, -0.05) is 25.9 Å². The van der Waals surface area contributed by atoms with E-state index >= 15 is 0 Å². The molecule has 18 heavy (non-hydrogen) atoms. The molecule has 0 radical (unpaired) electrons. The van der Waals surface area contributed by atoms with E-state index in [-0.39, 0.29) is 18.1 Å². The highest BCUT2D eigenvalue weighted by atomic mass is 16.5. The van der Waals surface area contributed by atoms with Crippen molar-refractivity contribution in [2.45, 2.75) is 52.2 Å². The molecule has 3 unspecified atom stereocenters. The highest BCUT2D eigenvalue weighted by Crippen LogP contribution is 2.26. The monoisotopic (exact) mass is 253 g/mol. The highest BCUT2D eigenvalue weighted by Gasteiger charge is 2.30. The number of hydrogen-bond acceptors (Lipinski definition) is 5. The lowest BCUT2D eigenvalue weighted by Gasteiger charge is -2.36. The molecule has 1 aromatic rings. The number of hydrogen-bond donors (Lipinski definition) is 1. The summed E-state index contributed by atoms with van der Waals surface area (Å²) in [5, 5.41) is 13.9. The van der Waals surface area contributed by atoms with Crippen molar-refractivity contribution in [1.29, 1.82) is 0 Å². The number of β-amino-alcohol motifs (C(OH)–C–C–N with tert-alkyl or cyclic N) is 1. The third-order valence-electron chi connectivity index (χ3n) is 3.83. The topological polar surface area (TPSA) is 62.4 Å².